The Balaban J connectivity index is 1.12. The zero-order valence-electron chi connectivity index (χ0n) is 17.5. The van der Waals surface area contributed by atoms with Crippen LogP contribution in [0, 0.1) is 23.2 Å². The van der Waals surface area contributed by atoms with Crippen LogP contribution in [0.4, 0.5) is 0 Å². The zero-order valence-corrected chi connectivity index (χ0v) is 18.3. The van der Waals surface area contributed by atoms with Crippen LogP contribution in [0.25, 0.3) is 11.4 Å². The van der Waals surface area contributed by atoms with E-state index in [0.717, 1.165) is 31.2 Å². The number of carbonyl (C=O) groups is 2. The van der Waals surface area contributed by atoms with Gasteiger partial charge in [0, 0.05) is 17.5 Å². The van der Waals surface area contributed by atoms with E-state index in [0.29, 0.717) is 36.5 Å². The van der Waals surface area contributed by atoms with Gasteiger partial charge in [-0.05, 0) is 80.6 Å². The summed E-state index contributed by atoms with van der Waals surface area (Å²) in [5.74, 6) is 2.74. The summed E-state index contributed by atoms with van der Waals surface area (Å²) in [5.41, 5.74) is 0.661. The number of ether oxygens (including phenoxy) is 1. The molecule has 0 aromatic carbocycles. The summed E-state index contributed by atoms with van der Waals surface area (Å²) in [7, 11) is 0. The normalized spacial score (nSPS) is 33.7. The minimum Gasteiger partial charge on any atom is -0.454 e. The van der Waals surface area contributed by atoms with E-state index in [1.165, 1.54) is 19.3 Å². The molecule has 8 heteroatoms. The molecular formula is C23H27N3O4S. The first-order valence-electron chi connectivity index (χ1n) is 11.4. The van der Waals surface area contributed by atoms with Crippen LogP contribution in [0.1, 0.15) is 57.3 Å². The van der Waals surface area contributed by atoms with Crippen LogP contribution >= 0.6 is 11.3 Å². The summed E-state index contributed by atoms with van der Waals surface area (Å²) >= 11 is 1.56. The third-order valence-corrected chi connectivity index (χ3v) is 8.55. The number of hydrogen-bond acceptors (Lipinski definition) is 7. The highest BCUT2D eigenvalue weighted by Crippen LogP contribution is 2.60. The Morgan fingerprint density at radius 2 is 1.94 bits per heavy atom. The van der Waals surface area contributed by atoms with Gasteiger partial charge in [-0.1, -0.05) is 5.16 Å². The van der Waals surface area contributed by atoms with E-state index in [4.69, 9.17) is 9.26 Å². The highest BCUT2D eigenvalue weighted by Gasteiger charge is 2.57. The van der Waals surface area contributed by atoms with Crippen LogP contribution in [-0.2, 0) is 20.9 Å². The van der Waals surface area contributed by atoms with Crippen molar-refractivity contribution in [1.29, 1.82) is 0 Å². The lowest BCUT2D eigenvalue weighted by atomic mass is 9.49. The third kappa shape index (κ3) is 3.39. The Kier molecular flexibility index (Phi) is 4.67. The number of nitrogens with zero attached hydrogens (tertiary/aromatic N) is 3. The lowest BCUT2D eigenvalue weighted by Gasteiger charge is -2.56. The highest BCUT2D eigenvalue weighted by molar-refractivity contribution is 7.08. The maximum absolute atomic E-state index is 13.7. The van der Waals surface area contributed by atoms with E-state index in [9.17, 15) is 9.59 Å². The van der Waals surface area contributed by atoms with Crippen molar-refractivity contribution in [2.45, 2.75) is 64.0 Å². The first-order chi connectivity index (χ1) is 15.1. The number of aromatic nitrogens is 2. The molecule has 7 nitrogen and oxygen atoms in total. The number of hydrogen-bond donors (Lipinski definition) is 0. The molecule has 2 aromatic heterocycles. The van der Waals surface area contributed by atoms with Gasteiger partial charge in [-0.25, -0.2) is 4.79 Å². The van der Waals surface area contributed by atoms with Crippen LogP contribution in [0.5, 0.6) is 0 Å². The molecule has 1 amide bonds. The molecule has 0 radical (unpaired) electrons. The van der Waals surface area contributed by atoms with Gasteiger partial charge in [-0.15, -0.1) is 0 Å². The number of likely N-dealkylation sites (tertiary alicyclic amines) is 1. The Bertz CT molecular complexity index is 950. The van der Waals surface area contributed by atoms with E-state index in [2.05, 4.69) is 10.1 Å². The molecule has 0 spiro atoms. The fraction of sp³-hybridized carbons (Fsp3) is 0.652. The van der Waals surface area contributed by atoms with Gasteiger partial charge in [0.1, 0.15) is 6.04 Å². The Morgan fingerprint density at radius 3 is 2.61 bits per heavy atom. The van der Waals surface area contributed by atoms with Gasteiger partial charge in [0.15, 0.2) is 6.61 Å². The van der Waals surface area contributed by atoms with Gasteiger partial charge < -0.3 is 14.2 Å². The standard InChI is InChI=1S/C23H27N3O4S/c27-21(29-12-19-24-20(25-30-19)17-3-5-31-13-17)18-2-1-4-26(18)22(28)23-9-14-6-15(10-23)8-16(7-14)11-23/h3,5,13-16,18H,1-2,4,6-12H2. The summed E-state index contributed by atoms with van der Waals surface area (Å²) in [4.78, 5) is 32.7. The number of esters is 1. The quantitative estimate of drug-likeness (QED) is 0.651. The molecule has 4 bridgehead atoms. The van der Waals surface area contributed by atoms with Gasteiger partial charge in [0.05, 0.1) is 5.41 Å². The smallest absolute Gasteiger partial charge is 0.329 e. The second-order valence-electron chi connectivity index (χ2n) is 9.99. The summed E-state index contributed by atoms with van der Waals surface area (Å²) in [6, 6.07) is 1.43. The highest BCUT2D eigenvalue weighted by atomic mass is 32.1. The van der Waals surface area contributed by atoms with Crippen molar-refractivity contribution in [1.82, 2.24) is 15.0 Å². The number of thiophene rings is 1. The Labute approximate surface area is 185 Å². The van der Waals surface area contributed by atoms with E-state index in [1.807, 2.05) is 21.7 Å². The number of amides is 1. The van der Waals surface area contributed by atoms with Crippen LogP contribution in [-0.4, -0.2) is 39.5 Å². The zero-order chi connectivity index (χ0) is 21.0. The third-order valence-electron chi connectivity index (χ3n) is 7.86. The molecule has 1 aliphatic heterocycles. The molecule has 1 atom stereocenters. The summed E-state index contributed by atoms with van der Waals surface area (Å²) < 4.78 is 10.7. The fourth-order valence-corrected chi connectivity index (χ4v) is 7.62. The van der Waals surface area contributed by atoms with Gasteiger partial charge in [0.2, 0.25) is 11.7 Å². The molecule has 1 unspecified atom stereocenters. The van der Waals surface area contributed by atoms with Crippen LogP contribution in [0.3, 0.4) is 0 Å². The lowest BCUT2D eigenvalue weighted by Crippen LogP contribution is -2.56. The molecule has 2 aromatic rings. The maximum Gasteiger partial charge on any atom is 0.329 e. The van der Waals surface area contributed by atoms with Gasteiger partial charge in [-0.3, -0.25) is 4.79 Å². The SMILES string of the molecule is O=C(OCc1nc(-c2ccsc2)no1)C1CCCN1C(=O)C12CC3CC(CC(C3)C1)C2. The minimum absolute atomic E-state index is 0.0636. The van der Waals surface area contributed by atoms with Crippen molar-refractivity contribution in [3.8, 4) is 11.4 Å². The van der Waals surface area contributed by atoms with Crippen LogP contribution in [0.2, 0.25) is 0 Å². The van der Waals surface area contributed by atoms with Crippen molar-refractivity contribution in [2.75, 3.05) is 6.54 Å². The largest absolute Gasteiger partial charge is 0.454 e. The summed E-state index contributed by atoms with van der Waals surface area (Å²) in [6.45, 7) is 0.592. The Hall–Kier alpha value is -2.22. The average Bonchev–Trinajstić information content (AvgIpc) is 3.52. The summed E-state index contributed by atoms with van der Waals surface area (Å²) in [6.07, 6.45) is 8.47. The predicted octanol–water partition coefficient (Wildman–Crippen LogP) is 4.05. The van der Waals surface area contributed by atoms with Crippen molar-refractivity contribution in [2.24, 2.45) is 23.2 Å². The molecule has 5 aliphatic rings. The monoisotopic (exact) mass is 441 g/mol. The van der Waals surface area contributed by atoms with Crippen molar-refractivity contribution in [3.05, 3.63) is 22.7 Å². The van der Waals surface area contributed by atoms with Crippen molar-refractivity contribution >= 4 is 23.2 Å². The molecule has 1 saturated heterocycles. The average molecular weight is 442 g/mol. The fourth-order valence-electron chi connectivity index (χ4n) is 6.98. The lowest BCUT2D eigenvalue weighted by molar-refractivity contribution is -0.166. The molecule has 5 fully saturated rings. The van der Waals surface area contributed by atoms with Crippen LogP contribution in [0.15, 0.2) is 21.3 Å². The molecule has 31 heavy (non-hydrogen) atoms. The van der Waals surface area contributed by atoms with E-state index in [-0.39, 0.29) is 29.8 Å². The number of carbonyl (C=O) groups excluding carboxylic acids is 2. The topological polar surface area (TPSA) is 85.5 Å². The van der Waals surface area contributed by atoms with E-state index < -0.39 is 6.04 Å². The second kappa shape index (κ2) is 7.43. The first kappa shape index (κ1) is 19.5. The minimum atomic E-state index is -0.486. The van der Waals surface area contributed by atoms with Gasteiger partial charge in [0.25, 0.3) is 5.89 Å². The van der Waals surface area contributed by atoms with Crippen molar-refractivity contribution < 1.29 is 18.8 Å². The van der Waals surface area contributed by atoms with Gasteiger partial charge in [-0.2, -0.15) is 16.3 Å². The molecular weight excluding hydrogens is 414 g/mol. The van der Waals surface area contributed by atoms with Crippen LogP contribution < -0.4 is 0 Å². The molecule has 3 heterocycles. The van der Waals surface area contributed by atoms with Crippen molar-refractivity contribution in [3.63, 3.8) is 0 Å². The first-order valence-corrected chi connectivity index (χ1v) is 12.4. The second-order valence-corrected chi connectivity index (χ2v) is 10.8. The van der Waals surface area contributed by atoms with E-state index >= 15 is 0 Å². The number of rotatable bonds is 5. The van der Waals surface area contributed by atoms with Gasteiger partial charge >= 0.3 is 5.97 Å². The molecule has 7 rings (SSSR count). The summed E-state index contributed by atoms with van der Waals surface area (Å²) in [5, 5.41) is 7.83. The molecule has 0 N–H and O–H groups in total. The molecule has 4 saturated carbocycles. The predicted molar refractivity (Wildman–Crippen MR) is 113 cm³/mol. The molecule has 4 aliphatic carbocycles. The van der Waals surface area contributed by atoms with E-state index in [1.54, 1.807) is 11.3 Å². The Morgan fingerprint density at radius 1 is 1.19 bits per heavy atom. The maximum atomic E-state index is 13.7. The molecule has 164 valence electrons.